The average Bonchev–Trinajstić information content (AvgIpc) is 2.34. The lowest BCUT2D eigenvalue weighted by Gasteiger charge is -2.36. The van der Waals surface area contributed by atoms with Gasteiger partial charge in [0.2, 0.25) is 0 Å². The van der Waals surface area contributed by atoms with Gasteiger partial charge in [-0.1, -0.05) is 12.1 Å². The van der Waals surface area contributed by atoms with Crippen LogP contribution in [0, 0.1) is 0 Å². The van der Waals surface area contributed by atoms with Crippen LogP contribution in [-0.4, -0.2) is 31.5 Å². The minimum atomic E-state index is -4.33. The van der Waals surface area contributed by atoms with Crippen molar-refractivity contribution in [1.29, 1.82) is 0 Å². The Morgan fingerprint density at radius 3 is 2.60 bits per heavy atom. The number of para-hydroxylation sites is 2. The molecule has 2 rings (SSSR count). The van der Waals surface area contributed by atoms with Crippen molar-refractivity contribution in [2.45, 2.75) is 38.1 Å². The first-order valence-corrected chi connectivity index (χ1v) is 6.64. The van der Waals surface area contributed by atoms with Gasteiger partial charge in [0.15, 0.2) is 6.61 Å². The van der Waals surface area contributed by atoms with Crippen LogP contribution in [0.2, 0.25) is 0 Å². The number of benzene rings is 1. The molecule has 1 aliphatic carbocycles. The maximum Gasteiger partial charge on any atom is 0.422 e. The molecular formula is C14H18F3NO2. The van der Waals surface area contributed by atoms with Crippen molar-refractivity contribution in [3.05, 3.63) is 24.3 Å². The molecule has 6 heteroatoms. The van der Waals surface area contributed by atoms with Gasteiger partial charge < -0.3 is 14.8 Å². The molecule has 112 valence electrons. The predicted octanol–water partition coefficient (Wildman–Crippen LogP) is 3.61. The van der Waals surface area contributed by atoms with E-state index in [9.17, 15) is 13.2 Å². The van der Waals surface area contributed by atoms with E-state index < -0.39 is 12.8 Å². The van der Waals surface area contributed by atoms with Gasteiger partial charge >= 0.3 is 6.18 Å². The second-order valence-corrected chi connectivity index (χ2v) is 4.79. The van der Waals surface area contributed by atoms with Gasteiger partial charge in [0.05, 0.1) is 11.8 Å². The monoisotopic (exact) mass is 289 g/mol. The highest BCUT2D eigenvalue weighted by molar-refractivity contribution is 5.57. The molecule has 1 aromatic carbocycles. The summed E-state index contributed by atoms with van der Waals surface area (Å²) in [5.74, 6) is 0.227. The maximum absolute atomic E-state index is 12.2. The molecule has 1 saturated carbocycles. The molecule has 0 atom stereocenters. The summed E-state index contributed by atoms with van der Waals surface area (Å²) >= 11 is 0. The van der Waals surface area contributed by atoms with Crippen LogP contribution in [0.5, 0.6) is 5.75 Å². The molecule has 0 bridgehead atoms. The van der Waals surface area contributed by atoms with Crippen LogP contribution in [-0.2, 0) is 4.74 Å². The van der Waals surface area contributed by atoms with E-state index in [1.165, 1.54) is 6.07 Å². The normalized spacial score (nSPS) is 22.2. The highest BCUT2D eigenvalue weighted by Crippen LogP contribution is 2.32. The number of nitrogens with one attached hydrogen (secondary N) is 1. The number of hydrogen-bond acceptors (Lipinski definition) is 3. The standard InChI is InChI=1S/C14H18F3NO2/c1-2-19-11-7-10(8-11)18-12-5-3-4-6-13(12)20-9-14(15,16)17/h3-6,10-11,18H,2,7-9H2,1H3. The quantitative estimate of drug-likeness (QED) is 0.868. The maximum atomic E-state index is 12.2. The van der Waals surface area contributed by atoms with E-state index in [1.54, 1.807) is 18.2 Å². The first-order chi connectivity index (χ1) is 9.48. The van der Waals surface area contributed by atoms with Crippen LogP contribution >= 0.6 is 0 Å². The van der Waals surface area contributed by atoms with Gasteiger partial charge in [-0.15, -0.1) is 0 Å². The number of hydrogen-bond donors (Lipinski definition) is 1. The highest BCUT2D eigenvalue weighted by Gasteiger charge is 2.31. The molecule has 3 nitrogen and oxygen atoms in total. The molecule has 1 aromatic rings. The fourth-order valence-corrected chi connectivity index (χ4v) is 2.15. The van der Waals surface area contributed by atoms with E-state index in [-0.39, 0.29) is 17.9 Å². The third-order valence-corrected chi connectivity index (χ3v) is 3.14. The summed E-state index contributed by atoms with van der Waals surface area (Å²) in [5, 5.41) is 3.20. The Bertz CT molecular complexity index is 431. The van der Waals surface area contributed by atoms with Crippen LogP contribution in [0.3, 0.4) is 0 Å². The minimum Gasteiger partial charge on any atom is -0.482 e. The largest absolute Gasteiger partial charge is 0.482 e. The van der Waals surface area contributed by atoms with Crippen molar-refractivity contribution in [3.8, 4) is 5.75 Å². The van der Waals surface area contributed by atoms with Gasteiger partial charge in [-0.25, -0.2) is 0 Å². The lowest BCUT2D eigenvalue weighted by atomic mass is 9.89. The van der Waals surface area contributed by atoms with E-state index in [1.807, 2.05) is 6.92 Å². The van der Waals surface area contributed by atoms with Gasteiger partial charge in [0, 0.05) is 12.6 Å². The molecule has 0 radical (unpaired) electrons. The predicted molar refractivity (Wildman–Crippen MR) is 70.1 cm³/mol. The van der Waals surface area contributed by atoms with E-state index in [0.717, 1.165) is 12.8 Å². The molecule has 20 heavy (non-hydrogen) atoms. The summed E-state index contributed by atoms with van der Waals surface area (Å²) in [6, 6.07) is 6.90. The third-order valence-electron chi connectivity index (χ3n) is 3.14. The highest BCUT2D eigenvalue weighted by atomic mass is 19.4. The Hall–Kier alpha value is -1.43. The minimum absolute atomic E-state index is 0.224. The van der Waals surface area contributed by atoms with Gasteiger partial charge in [-0.2, -0.15) is 13.2 Å². The second kappa shape index (κ2) is 6.35. The SMILES string of the molecule is CCOC1CC(Nc2ccccc2OCC(F)(F)F)C1. The van der Waals surface area contributed by atoms with E-state index in [2.05, 4.69) is 5.32 Å². The number of halogens is 3. The summed E-state index contributed by atoms with van der Waals surface area (Å²) in [5.41, 5.74) is 0.594. The first-order valence-electron chi connectivity index (χ1n) is 6.64. The van der Waals surface area contributed by atoms with Crippen molar-refractivity contribution in [2.75, 3.05) is 18.5 Å². The zero-order chi connectivity index (χ0) is 14.6. The van der Waals surface area contributed by atoms with Gasteiger partial charge in [-0.05, 0) is 31.9 Å². The Morgan fingerprint density at radius 2 is 1.95 bits per heavy atom. The lowest BCUT2D eigenvalue weighted by Crippen LogP contribution is -2.40. The van der Waals surface area contributed by atoms with Crippen LogP contribution < -0.4 is 10.1 Å². The summed E-state index contributed by atoms with van der Waals surface area (Å²) in [6.45, 7) is 1.35. The summed E-state index contributed by atoms with van der Waals surface area (Å²) in [6.07, 6.45) is -2.35. The molecule has 0 spiro atoms. The number of anilines is 1. The zero-order valence-corrected chi connectivity index (χ0v) is 11.2. The van der Waals surface area contributed by atoms with Crippen molar-refractivity contribution in [3.63, 3.8) is 0 Å². The molecular weight excluding hydrogens is 271 g/mol. The second-order valence-electron chi connectivity index (χ2n) is 4.79. The van der Waals surface area contributed by atoms with Crippen molar-refractivity contribution in [2.24, 2.45) is 0 Å². The summed E-state index contributed by atoms with van der Waals surface area (Å²) in [4.78, 5) is 0. The Labute approximate surface area is 116 Å². The third kappa shape index (κ3) is 4.30. The van der Waals surface area contributed by atoms with Crippen molar-refractivity contribution >= 4 is 5.69 Å². The Morgan fingerprint density at radius 1 is 1.25 bits per heavy atom. The molecule has 0 unspecified atom stereocenters. The van der Waals surface area contributed by atoms with Gasteiger partial charge in [0.25, 0.3) is 0 Å². The molecule has 1 N–H and O–H groups in total. The molecule has 1 aliphatic rings. The zero-order valence-electron chi connectivity index (χ0n) is 11.2. The topological polar surface area (TPSA) is 30.5 Å². The number of ether oxygens (including phenoxy) is 2. The Balaban J connectivity index is 1.88. The summed E-state index contributed by atoms with van der Waals surface area (Å²) < 4.78 is 46.8. The number of alkyl halides is 3. The number of rotatable bonds is 6. The summed E-state index contributed by atoms with van der Waals surface area (Å²) in [7, 11) is 0. The van der Waals surface area contributed by atoms with E-state index in [4.69, 9.17) is 9.47 Å². The smallest absolute Gasteiger partial charge is 0.422 e. The van der Waals surface area contributed by atoms with Gasteiger partial charge in [0.1, 0.15) is 5.75 Å². The van der Waals surface area contributed by atoms with Crippen LogP contribution in [0.4, 0.5) is 18.9 Å². The molecule has 0 aliphatic heterocycles. The van der Waals surface area contributed by atoms with Crippen molar-refractivity contribution < 1.29 is 22.6 Å². The molecule has 0 aromatic heterocycles. The lowest BCUT2D eigenvalue weighted by molar-refractivity contribution is -0.153. The van der Waals surface area contributed by atoms with Crippen LogP contribution in [0.15, 0.2) is 24.3 Å². The molecule has 0 saturated heterocycles. The van der Waals surface area contributed by atoms with Crippen LogP contribution in [0.25, 0.3) is 0 Å². The van der Waals surface area contributed by atoms with Crippen molar-refractivity contribution in [1.82, 2.24) is 0 Å². The molecule has 0 amide bonds. The molecule has 1 fully saturated rings. The van der Waals surface area contributed by atoms with E-state index in [0.29, 0.717) is 12.3 Å². The fourth-order valence-electron chi connectivity index (χ4n) is 2.15. The average molecular weight is 289 g/mol. The molecule has 0 heterocycles. The van der Waals surface area contributed by atoms with Gasteiger partial charge in [-0.3, -0.25) is 0 Å². The fraction of sp³-hybridized carbons (Fsp3) is 0.571. The van der Waals surface area contributed by atoms with Crippen LogP contribution in [0.1, 0.15) is 19.8 Å². The van der Waals surface area contributed by atoms with E-state index >= 15 is 0 Å². The first kappa shape index (κ1) is 15.0. The Kier molecular flexibility index (Phi) is 4.75.